The van der Waals surface area contributed by atoms with Crippen LogP contribution in [-0.2, 0) is 11.3 Å². The zero-order chi connectivity index (χ0) is 18.0. The lowest BCUT2D eigenvalue weighted by Crippen LogP contribution is -2.48. The van der Waals surface area contributed by atoms with Crippen molar-refractivity contribution >= 4 is 5.91 Å². The predicted octanol–water partition coefficient (Wildman–Crippen LogP) is 1.30. The maximum Gasteiger partial charge on any atom is 0.267 e. The Balaban J connectivity index is 1.84. The van der Waals surface area contributed by atoms with Crippen molar-refractivity contribution in [2.24, 2.45) is 0 Å². The number of amides is 1. The molecule has 1 aromatic heterocycles. The zero-order valence-electron chi connectivity index (χ0n) is 15.0. The number of benzene rings is 1. The van der Waals surface area contributed by atoms with Gasteiger partial charge in [-0.05, 0) is 38.6 Å². The molecule has 0 saturated carbocycles. The van der Waals surface area contributed by atoms with E-state index in [1.807, 2.05) is 33.0 Å². The fourth-order valence-corrected chi connectivity index (χ4v) is 3.00. The molecule has 6 nitrogen and oxygen atoms in total. The first-order chi connectivity index (χ1) is 11.9. The maximum atomic E-state index is 12.5. The van der Waals surface area contributed by atoms with Crippen LogP contribution in [-0.4, -0.2) is 58.7 Å². The number of hydrogen-bond acceptors (Lipinski definition) is 4. The summed E-state index contributed by atoms with van der Waals surface area (Å²) in [5.74, 6) is -0.0548. The molecule has 0 aliphatic carbocycles. The van der Waals surface area contributed by atoms with E-state index in [0.717, 1.165) is 29.8 Å². The summed E-state index contributed by atoms with van der Waals surface area (Å²) in [6, 6.07) is 9.35. The maximum absolute atomic E-state index is 12.5. The lowest BCUT2D eigenvalue weighted by atomic mass is 10.0. The minimum Gasteiger partial charge on any atom is -0.339 e. The second-order valence-corrected chi connectivity index (χ2v) is 6.72. The third kappa shape index (κ3) is 3.96. The van der Waals surface area contributed by atoms with E-state index in [1.54, 1.807) is 11.0 Å². The van der Waals surface area contributed by atoms with E-state index in [4.69, 9.17) is 0 Å². The van der Waals surface area contributed by atoms with Crippen LogP contribution in [0.1, 0.15) is 11.1 Å². The third-order valence-corrected chi connectivity index (χ3v) is 4.68. The molecule has 0 N–H and O–H groups in total. The Morgan fingerprint density at radius 2 is 1.80 bits per heavy atom. The van der Waals surface area contributed by atoms with Crippen LogP contribution in [0.15, 0.2) is 35.1 Å². The van der Waals surface area contributed by atoms with Gasteiger partial charge in [-0.25, -0.2) is 4.68 Å². The highest BCUT2D eigenvalue weighted by atomic mass is 16.2. The van der Waals surface area contributed by atoms with Crippen LogP contribution in [0.3, 0.4) is 0 Å². The van der Waals surface area contributed by atoms with Crippen molar-refractivity contribution in [3.8, 4) is 11.3 Å². The normalized spacial score (nSPS) is 15.4. The number of carbonyl (C=O) groups excluding carboxylic acids is 1. The van der Waals surface area contributed by atoms with Crippen molar-refractivity contribution in [1.29, 1.82) is 0 Å². The Kier molecular flexibility index (Phi) is 4.99. The molecule has 132 valence electrons. The molecule has 0 bridgehead atoms. The molecular formula is C19H24N4O2. The first-order valence-electron chi connectivity index (χ1n) is 8.56. The topological polar surface area (TPSA) is 58.4 Å². The quantitative estimate of drug-likeness (QED) is 0.845. The Morgan fingerprint density at radius 3 is 2.52 bits per heavy atom. The summed E-state index contributed by atoms with van der Waals surface area (Å²) in [7, 11) is 2.04. The monoisotopic (exact) mass is 340 g/mol. The van der Waals surface area contributed by atoms with Crippen LogP contribution < -0.4 is 5.56 Å². The van der Waals surface area contributed by atoms with E-state index >= 15 is 0 Å². The number of aryl methyl sites for hydroxylation is 2. The molecular weight excluding hydrogens is 316 g/mol. The highest BCUT2D eigenvalue weighted by Gasteiger charge is 2.20. The van der Waals surface area contributed by atoms with Crippen LogP contribution in [0.4, 0.5) is 0 Å². The Morgan fingerprint density at radius 1 is 1.08 bits per heavy atom. The van der Waals surface area contributed by atoms with E-state index < -0.39 is 0 Å². The van der Waals surface area contributed by atoms with E-state index in [9.17, 15) is 9.59 Å². The molecule has 0 radical (unpaired) electrons. The van der Waals surface area contributed by atoms with Gasteiger partial charge in [0.2, 0.25) is 5.91 Å². The summed E-state index contributed by atoms with van der Waals surface area (Å²) in [5.41, 5.74) is 3.67. The van der Waals surface area contributed by atoms with Crippen molar-refractivity contribution in [3.05, 3.63) is 51.8 Å². The molecule has 0 spiro atoms. The highest BCUT2D eigenvalue weighted by molar-refractivity contribution is 5.76. The smallest absolute Gasteiger partial charge is 0.267 e. The van der Waals surface area contributed by atoms with Crippen LogP contribution in [0.2, 0.25) is 0 Å². The van der Waals surface area contributed by atoms with Gasteiger partial charge in [0.1, 0.15) is 6.54 Å². The van der Waals surface area contributed by atoms with E-state index in [2.05, 4.69) is 16.1 Å². The van der Waals surface area contributed by atoms with E-state index in [-0.39, 0.29) is 18.0 Å². The minimum absolute atomic E-state index is 0.0126. The SMILES string of the molecule is Cc1ccc(C)c(-c2ccc(=O)n(CC(=O)N3CCN(C)CC3)n2)c1. The number of piperazine rings is 1. The lowest BCUT2D eigenvalue weighted by Gasteiger charge is -2.32. The molecule has 1 saturated heterocycles. The molecule has 1 aliphatic heterocycles. The molecule has 1 aliphatic rings. The molecule has 25 heavy (non-hydrogen) atoms. The molecule has 0 unspecified atom stereocenters. The van der Waals surface area contributed by atoms with Crippen LogP contribution in [0.25, 0.3) is 11.3 Å². The summed E-state index contributed by atoms with van der Waals surface area (Å²) >= 11 is 0. The summed E-state index contributed by atoms with van der Waals surface area (Å²) in [6.07, 6.45) is 0. The van der Waals surface area contributed by atoms with E-state index in [0.29, 0.717) is 18.8 Å². The van der Waals surface area contributed by atoms with Gasteiger partial charge in [-0.1, -0.05) is 17.7 Å². The zero-order valence-corrected chi connectivity index (χ0v) is 15.0. The largest absolute Gasteiger partial charge is 0.339 e. The number of aromatic nitrogens is 2. The van der Waals surface area contributed by atoms with Crippen molar-refractivity contribution in [1.82, 2.24) is 19.6 Å². The fourth-order valence-electron chi connectivity index (χ4n) is 3.00. The number of carbonyl (C=O) groups is 1. The summed E-state index contributed by atoms with van der Waals surface area (Å²) in [4.78, 5) is 28.6. The fraction of sp³-hybridized carbons (Fsp3) is 0.421. The highest BCUT2D eigenvalue weighted by Crippen LogP contribution is 2.21. The molecule has 2 aromatic rings. The van der Waals surface area contributed by atoms with Gasteiger partial charge in [-0.2, -0.15) is 5.10 Å². The molecule has 2 heterocycles. The van der Waals surface area contributed by atoms with Gasteiger partial charge < -0.3 is 9.80 Å². The minimum atomic E-state index is -0.253. The number of nitrogens with zero attached hydrogens (tertiary/aromatic N) is 4. The molecule has 1 fully saturated rings. The predicted molar refractivity (Wildman–Crippen MR) is 97.5 cm³/mol. The van der Waals surface area contributed by atoms with E-state index in [1.165, 1.54) is 10.7 Å². The Bertz CT molecular complexity index is 836. The first-order valence-corrected chi connectivity index (χ1v) is 8.56. The van der Waals surface area contributed by atoms with Crippen LogP contribution in [0, 0.1) is 13.8 Å². The van der Waals surface area contributed by atoms with Crippen molar-refractivity contribution in [2.75, 3.05) is 33.2 Å². The van der Waals surface area contributed by atoms with Gasteiger partial charge >= 0.3 is 0 Å². The van der Waals surface area contributed by atoms with Gasteiger partial charge in [-0.3, -0.25) is 9.59 Å². The Labute approximate surface area is 147 Å². The standard InChI is InChI=1S/C19H24N4O2/c1-14-4-5-15(2)16(12-14)17-6-7-18(24)23(20-17)13-19(25)22-10-8-21(3)9-11-22/h4-7,12H,8-11,13H2,1-3H3. The average Bonchev–Trinajstić information content (AvgIpc) is 2.59. The number of hydrogen-bond donors (Lipinski definition) is 0. The average molecular weight is 340 g/mol. The summed E-state index contributed by atoms with van der Waals surface area (Å²) < 4.78 is 1.28. The first kappa shape index (κ1) is 17.4. The number of likely N-dealkylation sites (N-methyl/N-ethyl adjacent to an activating group) is 1. The molecule has 1 amide bonds. The Hall–Kier alpha value is -2.47. The third-order valence-electron chi connectivity index (χ3n) is 4.68. The van der Waals surface area contributed by atoms with Crippen LogP contribution in [0.5, 0.6) is 0 Å². The van der Waals surface area contributed by atoms with Gasteiger partial charge in [0, 0.05) is 37.8 Å². The van der Waals surface area contributed by atoms with Crippen LogP contribution >= 0.6 is 0 Å². The summed E-state index contributed by atoms with van der Waals surface area (Å²) in [5, 5.41) is 4.44. The second-order valence-electron chi connectivity index (χ2n) is 6.72. The van der Waals surface area contributed by atoms with Crippen molar-refractivity contribution in [3.63, 3.8) is 0 Å². The molecule has 0 atom stereocenters. The lowest BCUT2D eigenvalue weighted by molar-refractivity contribution is -0.133. The number of rotatable bonds is 3. The van der Waals surface area contributed by atoms with Crippen molar-refractivity contribution in [2.45, 2.75) is 20.4 Å². The molecule has 6 heteroatoms. The van der Waals surface area contributed by atoms with Gasteiger partial charge in [0.05, 0.1) is 5.69 Å². The second kappa shape index (κ2) is 7.19. The summed E-state index contributed by atoms with van der Waals surface area (Å²) in [6.45, 7) is 7.13. The van der Waals surface area contributed by atoms with Gasteiger partial charge in [0.25, 0.3) is 5.56 Å². The van der Waals surface area contributed by atoms with Gasteiger partial charge in [-0.15, -0.1) is 0 Å². The molecule has 1 aromatic carbocycles. The van der Waals surface area contributed by atoms with Gasteiger partial charge in [0.15, 0.2) is 0 Å². The molecule has 3 rings (SSSR count). The van der Waals surface area contributed by atoms with Crippen molar-refractivity contribution < 1.29 is 4.79 Å².